The lowest BCUT2D eigenvalue weighted by atomic mass is 9.93. The molecule has 2 unspecified atom stereocenters. The summed E-state index contributed by atoms with van der Waals surface area (Å²) in [6.45, 7) is 0. The first-order valence-corrected chi connectivity index (χ1v) is 8.01. The first-order chi connectivity index (χ1) is 9.43. The fourth-order valence-corrected chi connectivity index (χ4v) is 3.17. The highest BCUT2D eigenvalue weighted by Gasteiger charge is 2.31. The maximum atomic E-state index is 12.7. The Balaban J connectivity index is 2.29. The Morgan fingerprint density at radius 2 is 1.85 bits per heavy atom. The van der Waals surface area contributed by atoms with Gasteiger partial charge < -0.3 is 10.5 Å². The molecule has 0 saturated heterocycles. The van der Waals surface area contributed by atoms with Gasteiger partial charge in [-0.25, -0.2) is 8.42 Å². The number of sulfone groups is 1. The van der Waals surface area contributed by atoms with Gasteiger partial charge in [-0.05, 0) is 31.4 Å². The van der Waals surface area contributed by atoms with E-state index in [2.05, 4.69) is 0 Å². The number of nitrogens with two attached hydrogens (primary N) is 1. The van der Waals surface area contributed by atoms with Crippen molar-refractivity contribution in [2.24, 2.45) is 5.73 Å². The summed E-state index contributed by atoms with van der Waals surface area (Å²) in [5.74, 6) is -3.51. The molecule has 7 heteroatoms. The molecule has 112 valence electrons. The van der Waals surface area contributed by atoms with E-state index in [0.29, 0.717) is 6.42 Å². The maximum absolute atomic E-state index is 12.7. The summed E-state index contributed by atoms with van der Waals surface area (Å²) in [5, 5.41) is 0. The first-order valence-electron chi connectivity index (χ1n) is 6.46. The lowest BCUT2D eigenvalue weighted by Gasteiger charge is -2.29. The fourth-order valence-electron chi connectivity index (χ4n) is 2.31. The van der Waals surface area contributed by atoms with Gasteiger partial charge in [0.2, 0.25) is 9.84 Å². The Labute approximate surface area is 116 Å². The van der Waals surface area contributed by atoms with Gasteiger partial charge in [0.1, 0.15) is 16.7 Å². The second kappa shape index (κ2) is 6.05. The zero-order valence-electron chi connectivity index (χ0n) is 10.8. The molecule has 0 aromatic heterocycles. The highest BCUT2D eigenvalue weighted by Crippen LogP contribution is 2.31. The van der Waals surface area contributed by atoms with Gasteiger partial charge in [-0.2, -0.15) is 8.78 Å². The molecule has 1 fully saturated rings. The lowest BCUT2D eigenvalue weighted by molar-refractivity contribution is 0.128. The number of ether oxygens (including phenoxy) is 1. The van der Waals surface area contributed by atoms with Crippen LogP contribution in [0.15, 0.2) is 29.2 Å². The van der Waals surface area contributed by atoms with Gasteiger partial charge in [0.05, 0.1) is 0 Å². The summed E-state index contributed by atoms with van der Waals surface area (Å²) < 4.78 is 54.2. The molecule has 1 aliphatic rings. The second-order valence-corrected chi connectivity index (χ2v) is 6.74. The minimum atomic E-state index is -4.67. The molecule has 0 aliphatic heterocycles. The number of hydrogen-bond donors (Lipinski definition) is 1. The average Bonchev–Trinajstić information content (AvgIpc) is 2.41. The van der Waals surface area contributed by atoms with Crippen molar-refractivity contribution < 1.29 is 21.9 Å². The van der Waals surface area contributed by atoms with Crippen LogP contribution in [0.1, 0.15) is 25.7 Å². The van der Waals surface area contributed by atoms with Crippen molar-refractivity contribution in [3.63, 3.8) is 0 Å². The summed E-state index contributed by atoms with van der Waals surface area (Å²) >= 11 is 0. The molecule has 4 nitrogen and oxygen atoms in total. The lowest BCUT2D eigenvalue weighted by Crippen LogP contribution is -2.41. The predicted molar refractivity (Wildman–Crippen MR) is 70.5 cm³/mol. The highest BCUT2D eigenvalue weighted by atomic mass is 32.2. The van der Waals surface area contributed by atoms with Crippen LogP contribution < -0.4 is 10.5 Å². The molecular weight excluding hydrogens is 288 g/mol. The number of rotatable bonds is 4. The predicted octanol–water partition coefficient (Wildman–Crippen LogP) is 2.33. The molecule has 1 aliphatic carbocycles. The third kappa shape index (κ3) is 3.09. The summed E-state index contributed by atoms with van der Waals surface area (Å²) in [5.41, 5.74) is 5.92. The van der Waals surface area contributed by atoms with E-state index in [9.17, 15) is 17.2 Å². The molecule has 20 heavy (non-hydrogen) atoms. The van der Waals surface area contributed by atoms with Crippen LogP contribution in [-0.4, -0.2) is 26.3 Å². The molecule has 0 bridgehead atoms. The van der Waals surface area contributed by atoms with Gasteiger partial charge in [0.25, 0.3) is 0 Å². The number of alkyl halides is 2. The number of hydrogen-bond acceptors (Lipinski definition) is 4. The van der Waals surface area contributed by atoms with Crippen LogP contribution in [0.2, 0.25) is 0 Å². The molecule has 0 amide bonds. The van der Waals surface area contributed by atoms with Crippen molar-refractivity contribution in [1.82, 2.24) is 0 Å². The van der Waals surface area contributed by atoms with Gasteiger partial charge in [-0.15, -0.1) is 0 Å². The monoisotopic (exact) mass is 305 g/mol. The largest absolute Gasteiger partial charge is 0.487 e. The molecule has 1 saturated carbocycles. The van der Waals surface area contributed by atoms with Gasteiger partial charge in [-0.3, -0.25) is 0 Å². The van der Waals surface area contributed by atoms with E-state index in [1.54, 1.807) is 6.07 Å². The van der Waals surface area contributed by atoms with Crippen molar-refractivity contribution in [3.8, 4) is 5.75 Å². The van der Waals surface area contributed by atoms with Crippen LogP contribution in [0.3, 0.4) is 0 Å². The Morgan fingerprint density at radius 1 is 1.20 bits per heavy atom. The van der Waals surface area contributed by atoms with Crippen molar-refractivity contribution in [3.05, 3.63) is 24.3 Å². The van der Waals surface area contributed by atoms with Crippen LogP contribution in [-0.2, 0) is 9.84 Å². The molecule has 2 atom stereocenters. The van der Waals surface area contributed by atoms with Crippen molar-refractivity contribution in [2.45, 2.75) is 48.5 Å². The summed E-state index contributed by atoms with van der Waals surface area (Å²) in [6.07, 6.45) is 3.08. The summed E-state index contributed by atoms with van der Waals surface area (Å²) in [6, 6.07) is 5.25. The SMILES string of the molecule is NC1CCCCC1Oc1ccccc1S(=O)(=O)C(F)F. The minimum absolute atomic E-state index is 0.0462. The fraction of sp³-hybridized carbons (Fsp3) is 0.538. The molecule has 1 aromatic rings. The van der Waals surface area contributed by atoms with Crippen LogP contribution in [0.5, 0.6) is 5.75 Å². The normalized spacial score (nSPS) is 23.8. The van der Waals surface area contributed by atoms with Crippen LogP contribution in [0, 0.1) is 0 Å². The molecular formula is C13H17F2NO3S. The molecule has 0 heterocycles. The molecule has 0 radical (unpaired) electrons. The maximum Gasteiger partial charge on any atom is 0.341 e. The van der Waals surface area contributed by atoms with Crippen molar-refractivity contribution >= 4 is 9.84 Å². The van der Waals surface area contributed by atoms with E-state index in [0.717, 1.165) is 25.3 Å². The number of halogens is 2. The smallest absolute Gasteiger partial charge is 0.341 e. The Hall–Kier alpha value is -1.21. The Kier molecular flexibility index (Phi) is 4.59. The quantitative estimate of drug-likeness (QED) is 0.927. The average molecular weight is 305 g/mol. The first kappa shape index (κ1) is 15.2. The number of para-hydroxylation sites is 1. The molecule has 2 rings (SSSR count). The summed E-state index contributed by atoms with van der Waals surface area (Å²) in [4.78, 5) is -0.479. The third-order valence-electron chi connectivity index (χ3n) is 3.42. The van der Waals surface area contributed by atoms with Gasteiger partial charge in [0, 0.05) is 6.04 Å². The second-order valence-electron chi connectivity index (χ2n) is 4.86. The topological polar surface area (TPSA) is 69.4 Å². The minimum Gasteiger partial charge on any atom is -0.487 e. The van der Waals surface area contributed by atoms with E-state index < -0.39 is 20.5 Å². The standard InChI is InChI=1S/C13H17F2NO3S/c14-13(15)20(17,18)12-8-4-3-7-11(12)19-10-6-2-1-5-9(10)16/h3-4,7-10,13H,1-2,5-6,16H2. The highest BCUT2D eigenvalue weighted by molar-refractivity contribution is 7.91. The zero-order chi connectivity index (χ0) is 14.8. The van der Waals surface area contributed by atoms with Crippen LogP contribution in [0.4, 0.5) is 8.78 Å². The van der Waals surface area contributed by atoms with E-state index in [1.807, 2.05) is 0 Å². The summed E-state index contributed by atoms with van der Waals surface area (Å²) in [7, 11) is -4.67. The third-order valence-corrected chi connectivity index (χ3v) is 4.84. The van der Waals surface area contributed by atoms with E-state index in [-0.39, 0.29) is 17.9 Å². The van der Waals surface area contributed by atoms with Gasteiger partial charge in [0.15, 0.2) is 0 Å². The van der Waals surface area contributed by atoms with Gasteiger partial charge in [-0.1, -0.05) is 18.6 Å². The van der Waals surface area contributed by atoms with Gasteiger partial charge >= 0.3 is 5.76 Å². The molecule has 0 spiro atoms. The Morgan fingerprint density at radius 3 is 2.50 bits per heavy atom. The zero-order valence-corrected chi connectivity index (χ0v) is 11.7. The number of benzene rings is 1. The van der Waals surface area contributed by atoms with Crippen molar-refractivity contribution in [2.75, 3.05) is 0 Å². The molecule has 1 aromatic carbocycles. The van der Waals surface area contributed by atoms with Crippen molar-refractivity contribution in [1.29, 1.82) is 0 Å². The van der Waals surface area contributed by atoms with E-state index in [4.69, 9.17) is 10.5 Å². The van der Waals surface area contributed by atoms with Crippen LogP contribution >= 0.6 is 0 Å². The van der Waals surface area contributed by atoms with E-state index in [1.165, 1.54) is 12.1 Å². The van der Waals surface area contributed by atoms with Crippen LogP contribution in [0.25, 0.3) is 0 Å². The molecule has 2 N–H and O–H groups in total. The van der Waals surface area contributed by atoms with E-state index >= 15 is 0 Å². The Bertz CT molecular complexity index is 562.